The van der Waals surface area contributed by atoms with Crippen molar-refractivity contribution < 1.29 is 16.2 Å². The summed E-state index contributed by atoms with van der Waals surface area (Å²) in [5, 5.41) is 10.4. The Balaban J connectivity index is 2.55. The second-order valence-electron chi connectivity index (χ2n) is 2.52. The van der Waals surface area contributed by atoms with Gasteiger partial charge in [-0.25, -0.2) is 0 Å². The summed E-state index contributed by atoms with van der Waals surface area (Å²) in [4.78, 5) is 20.9. The third kappa shape index (κ3) is 1.34. The Bertz CT molecular complexity index is 432. The molecule has 0 fully saturated rings. The third-order valence-electron chi connectivity index (χ3n) is 1.70. The first-order valence-corrected chi connectivity index (χ1v) is 6.42. The average Bonchev–Trinajstić information content (AvgIpc) is 2.42. The molecule has 14 heavy (non-hydrogen) atoms. The Morgan fingerprint density at radius 2 is 2.21 bits per heavy atom. The van der Waals surface area contributed by atoms with Crippen molar-refractivity contribution in [3.05, 3.63) is 37.4 Å². The molecule has 0 saturated carbocycles. The fourth-order valence-electron chi connectivity index (χ4n) is 1.07. The molecule has 2 rings (SSSR count). The van der Waals surface area contributed by atoms with Gasteiger partial charge in [0, 0.05) is 0 Å². The molecule has 0 atom stereocenters. The molecular formula is C7H4INO5. The van der Waals surface area contributed by atoms with Gasteiger partial charge in [0.25, 0.3) is 0 Å². The van der Waals surface area contributed by atoms with Gasteiger partial charge in [-0.05, 0) is 0 Å². The second-order valence-corrected chi connectivity index (χ2v) is 5.44. The third-order valence-corrected chi connectivity index (χ3v) is 4.45. The van der Waals surface area contributed by atoms with Crippen molar-refractivity contribution in [2.24, 2.45) is 0 Å². The van der Waals surface area contributed by atoms with E-state index in [-0.39, 0.29) is 11.3 Å². The van der Waals surface area contributed by atoms with Gasteiger partial charge in [-0.2, -0.15) is 0 Å². The van der Waals surface area contributed by atoms with Gasteiger partial charge in [0.15, 0.2) is 0 Å². The topological polar surface area (TPSA) is 89.7 Å². The molecule has 0 bridgehead atoms. The quantitative estimate of drug-likeness (QED) is 0.479. The van der Waals surface area contributed by atoms with Crippen LogP contribution in [-0.2, 0) is 3.07 Å². The molecule has 0 aromatic heterocycles. The standard InChI is InChI=1S/C7H4INO5/c10-7-5-3-4(9(12)13)1-2-6(5)8(11)14-7/h1-3,11H. The summed E-state index contributed by atoms with van der Waals surface area (Å²) in [6.07, 6.45) is 0. The van der Waals surface area contributed by atoms with E-state index in [0.717, 1.165) is 6.07 Å². The van der Waals surface area contributed by atoms with Crippen LogP contribution in [0.4, 0.5) is 5.69 Å². The van der Waals surface area contributed by atoms with Crippen LogP contribution >= 0.6 is 20.6 Å². The van der Waals surface area contributed by atoms with E-state index in [0.29, 0.717) is 3.57 Å². The number of benzene rings is 1. The SMILES string of the molecule is O=C1OI(O)c2ccc([N+](=O)[O-])cc21. The molecular weight excluding hydrogens is 305 g/mol. The number of non-ortho nitro benzene ring substituents is 1. The molecule has 1 aromatic rings. The number of halogens is 1. The van der Waals surface area contributed by atoms with Gasteiger partial charge in [-0.3, -0.25) is 0 Å². The molecule has 6 nitrogen and oxygen atoms in total. The number of hydrogen-bond acceptors (Lipinski definition) is 5. The maximum atomic E-state index is 11.1. The first-order valence-electron chi connectivity index (χ1n) is 3.50. The number of hydrogen-bond donors (Lipinski definition) is 1. The van der Waals surface area contributed by atoms with E-state index in [1.54, 1.807) is 0 Å². The van der Waals surface area contributed by atoms with E-state index in [9.17, 15) is 18.3 Å². The van der Waals surface area contributed by atoms with Gasteiger partial charge in [-0.15, -0.1) is 0 Å². The monoisotopic (exact) mass is 309 g/mol. The van der Waals surface area contributed by atoms with Crippen molar-refractivity contribution in [2.45, 2.75) is 0 Å². The normalized spacial score (nSPS) is 16.4. The molecule has 74 valence electrons. The molecule has 7 heteroatoms. The number of fused-ring (bicyclic) bond motifs is 1. The molecule has 0 saturated heterocycles. The molecule has 0 unspecified atom stereocenters. The number of nitro groups is 1. The van der Waals surface area contributed by atoms with Crippen LogP contribution in [-0.4, -0.2) is 14.3 Å². The summed E-state index contributed by atoms with van der Waals surface area (Å²) in [6.45, 7) is 0. The number of rotatable bonds is 1. The maximum absolute atomic E-state index is 11.1. The molecule has 0 spiro atoms. The van der Waals surface area contributed by atoms with Gasteiger partial charge in [0.05, 0.1) is 0 Å². The van der Waals surface area contributed by atoms with Crippen LogP contribution in [0.25, 0.3) is 0 Å². The summed E-state index contributed by atoms with van der Waals surface area (Å²) in [6, 6.07) is 3.76. The predicted octanol–water partition coefficient (Wildman–Crippen LogP) is 1.26. The van der Waals surface area contributed by atoms with E-state index in [1.807, 2.05) is 0 Å². The first kappa shape index (κ1) is 9.34. The summed E-state index contributed by atoms with van der Waals surface area (Å²) in [5.74, 6) is -0.670. The van der Waals surface area contributed by atoms with E-state index in [4.69, 9.17) is 0 Å². The molecule has 1 N–H and O–H groups in total. The van der Waals surface area contributed by atoms with Gasteiger partial charge in [0.2, 0.25) is 0 Å². The fourth-order valence-corrected chi connectivity index (χ4v) is 3.29. The number of carbonyl (C=O) groups is 1. The zero-order valence-electron chi connectivity index (χ0n) is 6.64. The van der Waals surface area contributed by atoms with Crippen LogP contribution in [0.2, 0.25) is 0 Å². The van der Waals surface area contributed by atoms with E-state index in [2.05, 4.69) is 3.07 Å². The van der Waals surface area contributed by atoms with E-state index < -0.39 is 31.5 Å². The first-order chi connectivity index (χ1) is 6.59. The predicted molar refractivity (Wildman–Crippen MR) is 53.4 cm³/mol. The van der Waals surface area contributed by atoms with E-state index in [1.165, 1.54) is 12.1 Å². The van der Waals surface area contributed by atoms with Crippen molar-refractivity contribution in [3.63, 3.8) is 0 Å². The second kappa shape index (κ2) is 3.17. The van der Waals surface area contributed by atoms with Crippen molar-refractivity contribution in [1.29, 1.82) is 0 Å². The van der Waals surface area contributed by atoms with Gasteiger partial charge in [0.1, 0.15) is 0 Å². The van der Waals surface area contributed by atoms with Crippen LogP contribution in [0.3, 0.4) is 0 Å². The minimum absolute atomic E-state index is 0.118. The minimum atomic E-state index is -2.80. The molecule has 1 aromatic carbocycles. The zero-order chi connectivity index (χ0) is 10.3. The van der Waals surface area contributed by atoms with Crippen molar-refractivity contribution in [1.82, 2.24) is 0 Å². The number of nitrogens with zero attached hydrogens (tertiary/aromatic N) is 1. The number of nitro benzene ring substituents is 1. The number of carbonyl (C=O) groups excluding carboxylic acids is 1. The average molecular weight is 309 g/mol. The van der Waals surface area contributed by atoms with Crippen LogP contribution in [0.15, 0.2) is 18.2 Å². The molecule has 1 aliphatic heterocycles. The van der Waals surface area contributed by atoms with Crippen LogP contribution in [0, 0.1) is 13.7 Å². The van der Waals surface area contributed by atoms with Gasteiger partial charge in [-0.1, -0.05) is 0 Å². The van der Waals surface area contributed by atoms with Crippen LogP contribution < -0.4 is 0 Å². The molecule has 1 heterocycles. The Labute approximate surface area is 86.1 Å². The Kier molecular flexibility index (Phi) is 2.11. The fraction of sp³-hybridized carbons (Fsp3) is 0. The summed E-state index contributed by atoms with van der Waals surface area (Å²) in [7, 11) is 0. The summed E-state index contributed by atoms with van der Waals surface area (Å²) < 4.78 is 14.4. The summed E-state index contributed by atoms with van der Waals surface area (Å²) >= 11 is -2.80. The van der Waals surface area contributed by atoms with Crippen molar-refractivity contribution >= 4 is 32.3 Å². The van der Waals surface area contributed by atoms with E-state index >= 15 is 0 Å². The summed E-state index contributed by atoms with van der Waals surface area (Å²) in [5.41, 5.74) is -0.0567. The zero-order valence-corrected chi connectivity index (χ0v) is 8.79. The van der Waals surface area contributed by atoms with Gasteiger partial charge >= 0.3 is 86.0 Å². The van der Waals surface area contributed by atoms with Crippen LogP contribution in [0.1, 0.15) is 10.4 Å². The molecule has 1 aliphatic rings. The van der Waals surface area contributed by atoms with Crippen molar-refractivity contribution in [3.8, 4) is 0 Å². The molecule has 0 amide bonds. The Hall–Kier alpha value is -1.22. The Morgan fingerprint density at radius 1 is 1.50 bits per heavy atom. The Morgan fingerprint density at radius 3 is 2.86 bits per heavy atom. The molecule has 0 aliphatic carbocycles. The van der Waals surface area contributed by atoms with Crippen molar-refractivity contribution in [2.75, 3.05) is 0 Å². The molecule has 0 radical (unpaired) electrons. The van der Waals surface area contributed by atoms with Gasteiger partial charge < -0.3 is 0 Å². The van der Waals surface area contributed by atoms with Crippen LogP contribution in [0.5, 0.6) is 0 Å².